The fourth-order valence-corrected chi connectivity index (χ4v) is 2.89. The Morgan fingerprint density at radius 3 is 2.83 bits per heavy atom. The Hall–Kier alpha value is -0.920. The van der Waals surface area contributed by atoms with Crippen molar-refractivity contribution in [3.63, 3.8) is 0 Å². The van der Waals surface area contributed by atoms with E-state index in [1.807, 2.05) is 13.8 Å². The van der Waals surface area contributed by atoms with Gasteiger partial charge in [-0.15, -0.1) is 0 Å². The summed E-state index contributed by atoms with van der Waals surface area (Å²) in [5.41, 5.74) is 0.693. The smallest absolute Gasteiger partial charge is 0.257 e. The van der Waals surface area contributed by atoms with Gasteiger partial charge in [0, 0.05) is 24.7 Å². The molecule has 0 bridgehead atoms. The highest BCUT2D eigenvalue weighted by Crippen LogP contribution is 2.20. The molecule has 7 heteroatoms. The number of rotatable bonds is 7. The second-order valence-corrected chi connectivity index (χ2v) is 6.83. The van der Waals surface area contributed by atoms with E-state index in [4.69, 9.17) is 0 Å². The van der Waals surface area contributed by atoms with Crippen molar-refractivity contribution in [3.8, 4) is 0 Å². The van der Waals surface area contributed by atoms with Gasteiger partial charge in [0.2, 0.25) is 0 Å². The summed E-state index contributed by atoms with van der Waals surface area (Å²) in [7, 11) is -3.48. The van der Waals surface area contributed by atoms with Crippen LogP contribution in [0, 0.1) is 5.92 Å². The third-order valence-corrected chi connectivity index (χ3v) is 4.22. The molecule has 0 aliphatic heterocycles. The molecule has 3 N–H and O–H groups in total. The van der Waals surface area contributed by atoms with Crippen LogP contribution in [0.1, 0.15) is 32.3 Å². The lowest BCUT2D eigenvalue weighted by molar-refractivity contribution is 0.554. The van der Waals surface area contributed by atoms with E-state index in [0.29, 0.717) is 24.7 Å². The van der Waals surface area contributed by atoms with Gasteiger partial charge in [0.1, 0.15) is 0 Å². The van der Waals surface area contributed by atoms with Crippen molar-refractivity contribution < 1.29 is 8.42 Å². The number of sulfonamides is 1. The van der Waals surface area contributed by atoms with Crippen molar-refractivity contribution in [2.24, 2.45) is 5.92 Å². The minimum atomic E-state index is -3.48. The number of H-pyrrole nitrogens is 1. The summed E-state index contributed by atoms with van der Waals surface area (Å²) < 4.78 is 26.7. The summed E-state index contributed by atoms with van der Waals surface area (Å²) in [4.78, 5) is 0. The Bertz CT molecular complexity index is 491. The van der Waals surface area contributed by atoms with E-state index in [9.17, 15) is 8.42 Å². The van der Waals surface area contributed by atoms with Gasteiger partial charge in [-0.05, 0) is 18.8 Å². The highest BCUT2D eigenvalue weighted by molar-refractivity contribution is 7.89. The minimum absolute atomic E-state index is 0.177. The van der Waals surface area contributed by atoms with Crippen LogP contribution in [0.3, 0.4) is 0 Å². The molecule has 1 aromatic rings. The molecule has 18 heavy (non-hydrogen) atoms. The molecule has 1 fully saturated rings. The summed E-state index contributed by atoms with van der Waals surface area (Å²) in [5, 5.41) is 9.86. The van der Waals surface area contributed by atoms with Gasteiger partial charge in [0.25, 0.3) is 10.0 Å². The summed E-state index contributed by atoms with van der Waals surface area (Å²) in [6.07, 6.45) is 3.91. The van der Waals surface area contributed by atoms with Crippen molar-refractivity contribution in [1.29, 1.82) is 0 Å². The number of aromatic amines is 1. The highest BCUT2D eigenvalue weighted by Gasteiger charge is 2.24. The van der Waals surface area contributed by atoms with Crippen LogP contribution < -0.4 is 10.0 Å². The maximum absolute atomic E-state index is 12.1. The molecule has 0 spiro atoms. The predicted molar refractivity (Wildman–Crippen MR) is 68.5 cm³/mol. The zero-order valence-corrected chi connectivity index (χ0v) is 11.5. The predicted octanol–water partition coefficient (Wildman–Crippen LogP) is 0.596. The van der Waals surface area contributed by atoms with Gasteiger partial charge in [0.15, 0.2) is 5.03 Å². The van der Waals surface area contributed by atoms with Gasteiger partial charge in [0.05, 0.1) is 6.20 Å². The molecular weight excluding hydrogens is 252 g/mol. The Labute approximate surface area is 108 Å². The molecule has 1 aromatic heterocycles. The van der Waals surface area contributed by atoms with Crippen molar-refractivity contribution in [2.45, 2.75) is 44.3 Å². The molecule has 1 aliphatic rings. The van der Waals surface area contributed by atoms with Gasteiger partial charge in [-0.1, -0.05) is 13.8 Å². The van der Waals surface area contributed by atoms with Crippen LogP contribution in [0.5, 0.6) is 0 Å². The largest absolute Gasteiger partial charge is 0.310 e. The molecule has 1 saturated carbocycles. The Balaban J connectivity index is 2.03. The van der Waals surface area contributed by atoms with Crippen LogP contribution in [0.4, 0.5) is 0 Å². The Morgan fingerprint density at radius 1 is 1.50 bits per heavy atom. The molecule has 102 valence electrons. The molecule has 0 amide bonds. The lowest BCUT2D eigenvalue weighted by atomic mass is 10.2. The van der Waals surface area contributed by atoms with E-state index in [1.165, 1.54) is 12.8 Å². The van der Waals surface area contributed by atoms with E-state index < -0.39 is 10.0 Å². The molecule has 0 radical (unpaired) electrons. The van der Waals surface area contributed by atoms with Crippen LogP contribution in [0.2, 0.25) is 0 Å². The summed E-state index contributed by atoms with van der Waals surface area (Å²) in [6, 6.07) is 0.541. The molecule has 1 aliphatic carbocycles. The topological polar surface area (TPSA) is 86.9 Å². The highest BCUT2D eigenvalue weighted by atomic mass is 32.2. The molecule has 0 aromatic carbocycles. The number of nitrogens with zero attached hydrogens (tertiary/aromatic N) is 1. The molecule has 1 heterocycles. The van der Waals surface area contributed by atoms with Crippen molar-refractivity contribution >= 4 is 10.0 Å². The Kier molecular flexibility index (Phi) is 4.04. The van der Waals surface area contributed by atoms with E-state index >= 15 is 0 Å². The van der Waals surface area contributed by atoms with E-state index in [0.717, 1.165) is 0 Å². The number of nitrogens with one attached hydrogen (secondary N) is 3. The molecule has 0 unspecified atom stereocenters. The number of hydrogen-bond acceptors (Lipinski definition) is 4. The standard InChI is InChI=1S/C11H20N4O2S/c1-8(2)5-14-18(16,17)11-9(7-13-15-11)6-12-10-3-4-10/h7-8,10,12,14H,3-6H2,1-2H3,(H,13,15). The van der Waals surface area contributed by atoms with Crippen molar-refractivity contribution in [1.82, 2.24) is 20.2 Å². The van der Waals surface area contributed by atoms with Crippen molar-refractivity contribution in [3.05, 3.63) is 11.8 Å². The van der Waals surface area contributed by atoms with Gasteiger partial charge in [-0.3, -0.25) is 5.10 Å². The minimum Gasteiger partial charge on any atom is -0.310 e. The average molecular weight is 272 g/mol. The zero-order chi connectivity index (χ0) is 13.2. The zero-order valence-electron chi connectivity index (χ0n) is 10.7. The molecular formula is C11H20N4O2S. The second kappa shape index (κ2) is 5.38. The lowest BCUT2D eigenvalue weighted by Crippen LogP contribution is -2.29. The van der Waals surface area contributed by atoms with Crippen LogP contribution in [-0.4, -0.2) is 31.2 Å². The average Bonchev–Trinajstić information content (AvgIpc) is 3.00. The first-order valence-corrected chi connectivity index (χ1v) is 7.72. The first kappa shape index (κ1) is 13.5. The molecule has 0 atom stereocenters. The molecule has 2 rings (SSSR count). The first-order chi connectivity index (χ1) is 8.49. The third kappa shape index (κ3) is 3.54. The van der Waals surface area contributed by atoms with Crippen LogP contribution in [-0.2, 0) is 16.6 Å². The Morgan fingerprint density at radius 2 is 2.22 bits per heavy atom. The van der Waals surface area contributed by atoms with E-state index in [2.05, 4.69) is 20.2 Å². The fourth-order valence-electron chi connectivity index (χ4n) is 1.55. The van der Waals surface area contributed by atoms with Crippen molar-refractivity contribution in [2.75, 3.05) is 6.54 Å². The van der Waals surface area contributed by atoms with Gasteiger partial charge in [-0.2, -0.15) is 5.10 Å². The van der Waals surface area contributed by atoms with Crippen LogP contribution >= 0.6 is 0 Å². The van der Waals surface area contributed by atoms with E-state index in [1.54, 1.807) is 6.20 Å². The summed E-state index contributed by atoms with van der Waals surface area (Å²) in [6.45, 7) is 4.89. The van der Waals surface area contributed by atoms with Gasteiger partial charge in [-0.25, -0.2) is 13.1 Å². The number of aromatic nitrogens is 2. The second-order valence-electron chi connectivity index (χ2n) is 5.13. The fraction of sp³-hybridized carbons (Fsp3) is 0.727. The lowest BCUT2D eigenvalue weighted by Gasteiger charge is -2.09. The molecule has 6 nitrogen and oxygen atoms in total. The monoisotopic (exact) mass is 272 g/mol. The first-order valence-electron chi connectivity index (χ1n) is 6.24. The normalized spacial score (nSPS) is 16.4. The quantitative estimate of drug-likeness (QED) is 0.678. The van der Waals surface area contributed by atoms with Gasteiger partial charge < -0.3 is 5.32 Å². The third-order valence-electron chi connectivity index (χ3n) is 2.79. The summed E-state index contributed by atoms with van der Waals surface area (Å²) >= 11 is 0. The SMILES string of the molecule is CC(C)CNS(=O)(=O)c1[nH]ncc1CNC1CC1. The molecule has 0 saturated heterocycles. The summed E-state index contributed by atoms with van der Waals surface area (Å²) in [5.74, 6) is 0.274. The van der Waals surface area contributed by atoms with E-state index in [-0.39, 0.29) is 10.9 Å². The number of hydrogen-bond donors (Lipinski definition) is 3. The maximum atomic E-state index is 12.1. The van der Waals surface area contributed by atoms with Crippen LogP contribution in [0.25, 0.3) is 0 Å². The maximum Gasteiger partial charge on any atom is 0.257 e. The van der Waals surface area contributed by atoms with Gasteiger partial charge >= 0.3 is 0 Å². The van der Waals surface area contributed by atoms with Crippen LogP contribution in [0.15, 0.2) is 11.2 Å².